The summed E-state index contributed by atoms with van der Waals surface area (Å²) in [5.74, 6) is 0.797. The molecular weight excluding hydrogens is 226 g/mol. The summed E-state index contributed by atoms with van der Waals surface area (Å²) >= 11 is 0. The maximum absolute atomic E-state index is 12.2. The fourth-order valence-electron chi connectivity index (χ4n) is 3.35. The number of hydrogen-bond donors (Lipinski definition) is 2. The molecule has 2 fully saturated rings. The maximum Gasteiger partial charge on any atom is 0.224 e. The van der Waals surface area contributed by atoms with E-state index in [1.807, 2.05) is 6.92 Å². The molecule has 1 saturated heterocycles. The third-order valence-corrected chi connectivity index (χ3v) is 4.62. The molecule has 0 bridgehead atoms. The van der Waals surface area contributed by atoms with Gasteiger partial charge in [-0.2, -0.15) is 0 Å². The van der Waals surface area contributed by atoms with Crippen molar-refractivity contribution in [2.24, 2.45) is 17.6 Å². The third kappa shape index (κ3) is 3.23. The van der Waals surface area contributed by atoms with Gasteiger partial charge in [0, 0.05) is 18.6 Å². The van der Waals surface area contributed by atoms with Crippen LogP contribution in [0.25, 0.3) is 0 Å². The van der Waals surface area contributed by atoms with Gasteiger partial charge < -0.3 is 16.0 Å². The molecule has 4 nitrogen and oxygen atoms in total. The Hall–Kier alpha value is -0.610. The zero-order chi connectivity index (χ0) is 13.2. The summed E-state index contributed by atoms with van der Waals surface area (Å²) in [5.41, 5.74) is 5.95. The van der Waals surface area contributed by atoms with E-state index >= 15 is 0 Å². The molecular formula is C14H27N3O. The van der Waals surface area contributed by atoms with Crippen molar-refractivity contribution in [3.63, 3.8) is 0 Å². The van der Waals surface area contributed by atoms with E-state index in [1.165, 1.54) is 6.42 Å². The molecule has 1 aliphatic carbocycles. The van der Waals surface area contributed by atoms with Gasteiger partial charge in [0.05, 0.1) is 5.92 Å². The number of hydrogen-bond acceptors (Lipinski definition) is 3. The first-order valence-corrected chi connectivity index (χ1v) is 7.24. The van der Waals surface area contributed by atoms with Gasteiger partial charge in [0.2, 0.25) is 5.91 Å². The Morgan fingerprint density at radius 1 is 1.44 bits per heavy atom. The van der Waals surface area contributed by atoms with Crippen LogP contribution in [0, 0.1) is 11.8 Å². The van der Waals surface area contributed by atoms with Crippen LogP contribution in [0.3, 0.4) is 0 Å². The lowest BCUT2D eigenvalue weighted by molar-refractivity contribution is -0.128. The van der Waals surface area contributed by atoms with Crippen LogP contribution < -0.4 is 11.1 Å². The van der Waals surface area contributed by atoms with Gasteiger partial charge in [-0.1, -0.05) is 12.8 Å². The van der Waals surface area contributed by atoms with E-state index < -0.39 is 0 Å². The number of amides is 1. The van der Waals surface area contributed by atoms with Crippen molar-refractivity contribution in [1.29, 1.82) is 0 Å². The summed E-state index contributed by atoms with van der Waals surface area (Å²) in [6.45, 7) is 5.10. The molecule has 0 spiro atoms. The second kappa shape index (κ2) is 5.57. The lowest BCUT2D eigenvalue weighted by Gasteiger charge is -2.37. The summed E-state index contributed by atoms with van der Waals surface area (Å²) in [5, 5.41) is 3.12. The minimum Gasteiger partial charge on any atom is -0.355 e. The van der Waals surface area contributed by atoms with E-state index in [0.29, 0.717) is 5.92 Å². The number of nitrogens with one attached hydrogen (secondary N) is 1. The van der Waals surface area contributed by atoms with Crippen molar-refractivity contribution in [3.05, 3.63) is 0 Å². The Labute approximate surface area is 110 Å². The highest BCUT2D eigenvalue weighted by Crippen LogP contribution is 2.31. The van der Waals surface area contributed by atoms with Crippen LogP contribution in [0.15, 0.2) is 0 Å². The number of nitrogens with zero attached hydrogens (tertiary/aromatic N) is 1. The van der Waals surface area contributed by atoms with Crippen LogP contribution in [0.5, 0.6) is 0 Å². The smallest absolute Gasteiger partial charge is 0.224 e. The molecule has 3 atom stereocenters. The second-order valence-corrected chi connectivity index (χ2v) is 6.47. The second-order valence-electron chi connectivity index (χ2n) is 6.47. The van der Waals surface area contributed by atoms with Crippen LogP contribution in [-0.4, -0.2) is 43.0 Å². The molecule has 0 radical (unpaired) electrons. The lowest BCUT2D eigenvalue weighted by atomic mass is 9.74. The molecule has 1 saturated carbocycles. The van der Waals surface area contributed by atoms with Crippen molar-refractivity contribution in [2.75, 3.05) is 26.7 Å². The Morgan fingerprint density at radius 2 is 2.22 bits per heavy atom. The van der Waals surface area contributed by atoms with Crippen molar-refractivity contribution < 1.29 is 4.79 Å². The van der Waals surface area contributed by atoms with Crippen LogP contribution in [0.1, 0.15) is 39.0 Å². The summed E-state index contributed by atoms with van der Waals surface area (Å²) in [7, 11) is 2.14. The normalized spacial score (nSPS) is 37.7. The van der Waals surface area contributed by atoms with Gasteiger partial charge in [-0.25, -0.2) is 0 Å². The van der Waals surface area contributed by atoms with E-state index in [2.05, 4.69) is 17.3 Å². The van der Waals surface area contributed by atoms with Gasteiger partial charge in [-0.05, 0) is 45.7 Å². The Kier molecular flexibility index (Phi) is 4.28. The van der Waals surface area contributed by atoms with Crippen LogP contribution in [-0.2, 0) is 4.79 Å². The molecule has 1 amide bonds. The zero-order valence-electron chi connectivity index (χ0n) is 11.7. The molecule has 0 aromatic carbocycles. The maximum atomic E-state index is 12.2. The minimum atomic E-state index is -0.311. The predicted molar refractivity (Wildman–Crippen MR) is 73.2 cm³/mol. The molecule has 3 N–H and O–H groups in total. The molecule has 104 valence electrons. The predicted octanol–water partition coefficient (Wildman–Crippen LogP) is 0.962. The van der Waals surface area contributed by atoms with Crippen LogP contribution in [0.4, 0.5) is 0 Å². The van der Waals surface area contributed by atoms with Gasteiger partial charge in [-0.15, -0.1) is 0 Å². The quantitative estimate of drug-likeness (QED) is 0.788. The van der Waals surface area contributed by atoms with E-state index in [-0.39, 0.29) is 17.4 Å². The summed E-state index contributed by atoms with van der Waals surface area (Å²) in [4.78, 5) is 14.6. The van der Waals surface area contributed by atoms with E-state index in [4.69, 9.17) is 5.73 Å². The van der Waals surface area contributed by atoms with Crippen LogP contribution in [0.2, 0.25) is 0 Å². The summed E-state index contributed by atoms with van der Waals surface area (Å²) < 4.78 is 0. The summed E-state index contributed by atoms with van der Waals surface area (Å²) in [6.07, 6.45) is 5.41. The SMILES string of the molecule is CN1CCC(CNC(=O)C2CCCCC2(C)N)C1. The standard InChI is InChI=1S/C14H27N3O/c1-14(15)7-4-3-5-12(14)13(18)16-9-11-6-8-17(2)10-11/h11-12H,3-10,15H2,1-2H3,(H,16,18). The molecule has 4 heteroatoms. The third-order valence-electron chi connectivity index (χ3n) is 4.62. The van der Waals surface area contributed by atoms with Gasteiger partial charge in [0.1, 0.15) is 0 Å². The van der Waals surface area contributed by atoms with Gasteiger partial charge >= 0.3 is 0 Å². The van der Waals surface area contributed by atoms with Gasteiger partial charge in [0.25, 0.3) is 0 Å². The Balaban J connectivity index is 1.80. The molecule has 2 aliphatic rings. The van der Waals surface area contributed by atoms with E-state index in [0.717, 1.165) is 45.3 Å². The van der Waals surface area contributed by atoms with Gasteiger partial charge in [-0.3, -0.25) is 4.79 Å². The Morgan fingerprint density at radius 3 is 2.83 bits per heavy atom. The molecule has 0 aromatic rings. The molecule has 2 rings (SSSR count). The first-order valence-electron chi connectivity index (χ1n) is 7.24. The monoisotopic (exact) mass is 253 g/mol. The van der Waals surface area contributed by atoms with E-state index in [9.17, 15) is 4.79 Å². The first kappa shape index (κ1) is 13.8. The highest BCUT2D eigenvalue weighted by molar-refractivity contribution is 5.80. The number of nitrogens with two attached hydrogens (primary N) is 1. The molecule has 18 heavy (non-hydrogen) atoms. The van der Waals surface area contributed by atoms with Crippen molar-refractivity contribution >= 4 is 5.91 Å². The van der Waals surface area contributed by atoms with Gasteiger partial charge in [0.15, 0.2) is 0 Å². The van der Waals surface area contributed by atoms with E-state index in [1.54, 1.807) is 0 Å². The molecule has 0 aromatic heterocycles. The molecule has 1 aliphatic heterocycles. The van der Waals surface area contributed by atoms with Crippen molar-refractivity contribution in [3.8, 4) is 0 Å². The lowest BCUT2D eigenvalue weighted by Crippen LogP contribution is -2.53. The Bertz CT molecular complexity index is 303. The number of carbonyl (C=O) groups is 1. The van der Waals surface area contributed by atoms with Crippen molar-refractivity contribution in [2.45, 2.75) is 44.6 Å². The van der Waals surface area contributed by atoms with Crippen molar-refractivity contribution in [1.82, 2.24) is 10.2 Å². The topological polar surface area (TPSA) is 58.4 Å². The number of likely N-dealkylation sites (tertiary alicyclic amines) is 1. The molecule has 1 heterocycles. The highest BCUT2D eigenvalue weighted by atomic mass is 16.1. The fourth-order valence-corrected chi connectivity index (χ4v) is 3.35. The summed E-state index contributed by atoms with van der Waals surface area (Å²) in [6, 6.07) is 0. The highest BCUT2D eigenvalue weighted by Gasteiger charge is 2.37. The van der Waals surface area contributed by atoms with Crippen LogP contribution >= 0.6 is 0 Å². The minimum absolute atomic E-state index is 0.00498. The number of carbonyl (C=O) groups excluding carboxylic acids is 1. The number of rotatable bonds is 3. The first-order chi connectivity index (χ1) is 8.49. The fraction of sp³-hybridized carbons (Fsp3) is 0.929. The average Bonchev–Trinajstić information content (AvgIpc) is 2.71. The largest absolute Gasteiger partial charge is 0.355 e. The molecule has 3 unspecified atom stereocenters. The zero-order valence-corrected chi connectivity index (χ0v) is 11.7. The average molecular weight is 253 g/mol.